The van der Waals surface area contributed by atoms with E-state index in [9.17, 15) is 4.79 Å². The summed E-state index contributed by atoms with van der Waals surface area (Å²) in [7, 11) is 0. The highest BCUT2D eigenvalue weighted by Crippen LogP contribution is 2.16. The van der Waals surface area contributed by atoms with E-state index in [0.717, 1.165) is 0 Å². The van der Waals surface area contributed by atoms with Crippen molar-refractivity contribution in [1.82, 2.24) is 14.8 Å². The van der Waals surface area contributed by atoms with Gasteiger partial charge in [-0.3, -0.25) is 4.57 Å². The zero-order valence-electron chi connectivity index (χ0n) is 7.40. The van der Waals surface area contributed by atoms with E-state index in [-0.39, 0.29) is 13.2 Å². The molecule has 0 fully saturated rings. The predicted molar refractivity (Wildman–Crippen MR) is 45.3 cm³/mol. The standard InChI is InChI=1S/C7H13N3O3/c1-2-7(3-11,4-12)10-5-8-9-6(10)13/h5,11-12H,2-4H2,1H3,(H,9,13). The number of aromatic amines is 1. The molecule has 1 aromatic rings. The summed E-state index contributed by atoms with van der Waals surface area (Å²) in [6.45, 7) is 1.20. The third-order valence-corrected chi connectivity index (χ3v) is 2.31. The summed E-state index contributed by atoms with van der Waals surface area (Å²) in [5.41, 5.74) is -1.37. The lowest BCUT2D eigenvalue weighted by atomic mass is 9.98. The predicted octanol–water partition coefficient (Wildman–Crippen LogP) is -1.34. The molecule has 0 aliphatic rings. The third kappa shape index (κ3) is 1.50. The van der Waals surface area contributed by atoms with Crippen LogP contribution in [0, 0.1) is 0 Å². The number of aromatic nitrogens is 3. The number of nitrogens with zero attached hydrogens (tertiary/aromatic N) is 2. The number of aliphatic hydroxyl groups excluding tert-OH is 2. The first kappa shape index (κ1) is 9.94. The molecule has 0 spiro atoms. The van der Waals surface area contributed by atoms with Crippen molar-refractivity contribution in [1.29, 1.82) is 0 Å². The van der Waals surface area contributed by atoms with Gasteiger partial charge < -0.3 is 10.2 Å². The van der Waals surface area contributed by atoms with Gasteiger partial charge in [-0.25, -0.2) is 9.89 Å². The van der Waals surface area contributed by atoms with Crippen molar-refractivity contribution < 1.29 is 10.2 Å². The van der Waals surface area contributed by atoms with E-state index < -0.39 is 11.2 Å². The van der Waals surface area contributed by atoms with Crippen molar-refractivity contribution in [3.05, 3.63) is 16.8 Å². The second-order valence-electron chi connectivity index (χ2n) is 2.93. The summed E-state index contributed by atoms with van der Waals surface area (Å²) in [5.74, 6) is 0. The Bertz CT molecular complexity index is 305. The number of rotatable bonds is 4. The van der Waals surface area contributed by atoms with E-state index in [2.05, 4.69) is 10.2 Å². The van der Waals surface area contributed by atoms with Crippen LogP contribution in [0.25, 0.3) is 0 Å². The Morgan fingerprint density at radius 3 is 2.54 bits per heavy atom. The second kappa shape index (κ2) is 3.71. The van der Waals surface area contributed by atoms with E-state index in [1.165, 1.54) is 10.9 Å². The SMILES string of the molecule is CCC(CO)(CO)n1cn[nH]c1=O. The molecule has 0 aliphatic heterocycles. The normalized spacial score (nSPS) is 11.9. The first-order valence-electron chi connectivity index (χ1n) is 4.04. The van der Waals surface area contributed by atoms with Crippen LogP contribution in [-0.4, -0.2) is 38.2 Å². The molecule has 0 saturated heterocycles. The number of H-pyrrole nitrogens is 1. The van der Waals surface area contributed by atoms with Crippen LogP contribution >= 0.6 is 0 Å². The van der Waals surface area contributed by atoms with Crippen LogP contribution in [0.3, 0.4) is 0 Å². The van der Waals surface area contributed by atoms with Gasteiger partial charge in [-0.15, -0.1) is 0 Å². The highest BCUT2D eigenvalue weighted by molar-refractivity contribution is 4.86. The van der Waals surface area contributed by atoms with Crippen molar-refractivity contribution >= 4 is 0 Å². The topological polar surface area (TPSA) is 91.1 Å². The summed E-state index contributed by atoms with van der Waals surface area (Å²) >= 11 is 0. The first-order valence-corrected chi connectivity index (χ1v) is 4.04. The van der Waals surface area contributed by atoms with Gasteiger partial charge in [0.15, 0.2) is 0 Å². The van der Waals surface area contributed by atoms with Crippen LogP contribution in [0.2, 0.25) is 0 Å². The molecule has 6 nitrogen and oxygen atoms in total. The van der Waals surface area contributed by atoms with Gasteiger partial charge >= 0.3 is 5.69 Å². The fourth-order valence-electron chi connectivity index (χ4n) is 1.18. The van der Waals surface area contributed by atoms with Crippen molar-refractivity contribution in [2.45, 2.75) is 18.9 Å². The number of hydrogen-bond acceptors (Lipinski definition) is 4. The monoisotopic (exact) mass is 187 g/mol. The summed E-state index contributed by atoms with van der Waals surface area (Å²) in [6, 6.07) is 0. The molecule has 6 heteroatoms. The van der Waals surface area contributed by atoms with Crippen LogP contribution in [0.1, 0.15) is 13.3 Å². The summed E-state index contributed by atoms with van der Waals surface area (Å²) < 4.78 is 1.22. The van der Waals surface area contributed by atoms with Crippen molar-refractivity contribution in [2.75, 3.05) is 13.2 Å². The van der Waals surface area contributed by atoms with Gasteiger partial charge in [0.25, 0.3) is 0 Å². The van der Waals surface area contributed by atoms with Crippen LogP contribution in [0.5, 0.6) is 0 Å². The molecule has 0 atom stereocenters. The molecular weight excluding hydrogens is 174 g/mol. The second-order valence-corrected chi connectivity index (χ2v) is 2.93. The molecule has 0 amide bonds. The van der Waals surface area contributed by atoms with E-state index in [4.69, 9.17) is 10.2 Å². The van der Waals surface area contributed by atoms with Crippen LogP contribution < -0.4 is 5.69 Å². The minimum Gasteiger partial charge on any atom is -0.394 e. The summed E-state index contributed by atoms with van der Waals surface area (Å²) in [6.07, 6.45) is 1.73. The lowest BCUT2D eigenvalue weighted by Gasteiger charge is -2.28. The average Bonchev–Trinajstić information content (AvgIpc) is 2.57. The van der Waals surface area contributed by atoms with Crippen molar-refractivity contribution in [2.24, 2.45) is 0 Å². The zero-order valence-corrected chi connectivity index (χ0v) is 7.40. The van der Waals surface area contributed by atoms with Gasteiger partial charge in [0.2, 0.25) is 0 Å². The van der Waals surface area contributed by atoms with E-state index in [1.807, 2.05) is 0 Å². The maximum Gasteiger partial charge on any atom is 0.343 e. The van der Waals surface area contributed by atoms with Gasteiger partial charge in [-0.05, 0) is 6.42 Å². The lowest BCUT2D eigenvalue weighted by molar-refractivity contribution is 0.0571. The van der Waals surface area contributed by atoms with E-state index >= 15 is 0 Å². The largest absolute Gasteiger partial charge is 0.394 e. The molecule has 1 aromatic heterocycles. The Balaban J connectivity index is 3.15. The fourth-order valence-corrected chi connectivity index (χ4v) is 1.18. The molecule has 0 unspecified atom stereocenters. The molecule has 13 heavy (non-hydrogen) atoms. The molecule has 3 N–H and O–H groups in total. The van der Waals surface area contributed by atoms with Crippen LogP contribution in [-0.2, 0) is 5.54 Å². The maximum absolute atomic E-state index is 11.2. The fraction of sp³-hybridized carbons (Fsp3) is 0.714. The number of nitrogens with one attached hydrogen (secondary N) is 1. The van der Waals surface area contributed by atoms with Crippen molar-refractivity contribution in [3.63, 3.8) is 0 Å². The molecule has 0 bridgehead atoms. The number of aliphatic hydroxyl groups is 2. The minimum atomic E-state index is -0.940. The highest BCUT2D eigenvalue weighted by Gasteiger charge is 2.30. The summed E-state index contributed by atoms with van der Waals surface area (Å²) in [4.78, 5) is 11.2. The minimum absolute atomic E-state index is 0.292. The average molecular weight is 187 g/mol. The highest BCUT2D eigenvalue weighted by atomic mass is 16.3. The molecule has 1 rings (SSSR count). The Labute approximate surface area is 74.8 Å². The maximum atomic E-state index is 11.2. The molecule has 0 aromatic carbocycles. The molecule has 0 aliphatic carbocycles. The van der Waals surface area contributed by atoms with E-state index in [1.54, 1.807) is 6.92 Å². The Hall–Kier alpha value is -1.14. The number of hydrogen-bond donors (Lipinski definition) is 3. The molecule has 0 saturated carbocycles. The molecule has 74 valence electrons. The lowest BCUT2D eigenvalue weighted by Crippen LogP contribution is -2.45. The molecule has 1 heterocycles. The van der Waals surface area contributed by atoms with Gasteiger partial charge in [0.05, 0.1) is 18.8 Å². The summed E-state index contributed by atoms with van der Waals surface area (Å²) in [5, 5.41) is 24.0. The Morgan fingerprint density at radius 1 is 1.62 bits per heavy atom. The van der Waals surface area contributed by atoms with Crippen LogP contribution in [0.15, 0.2) is 11.1 Å². The van der Waals surface area contributed by atoms with E-state index in [0.29, 0.717) is 6.42 Å². The van der Waals surface area contributed by atoms with Gasteiger partial charge in [-0.1, -0.05) is 6.92 Å². The van der Waals surface area contributed by atoms with Crippen molar-refractivity contribution in [3.8, 4) is 0 Å². The Morgan fingerprint density at radius 2 is 2.23 bits per heavy atom. The van der Waals surface area contributed by atoms with Gasteiger partial charge in [0, 0.05) is 0 Å². The van der Waals surface area contributed by atoms with Crippen LogP contribution in [0.4, 0.5) is 0 Å². The quantitative estimate of drug-likeness (QED) is 0.544. The third-order valence-electron chi connectivity index (χ3n) is 2.31. The Kier molecular flexibility index (Phi) is 2.84. The van der Waals surface area contributed by atoms with Gasteiger partial charge in [-0.2, -0.15) is 5.10 Å². The smallest absolute Gasteiger partial charge is 0.343 e. The van der Waals surface area contributed by atoms with Gasteiger partial charge in [0.1, 0.15) is 6.33 Å². The zero-order chi connectivity index (χ0) is 9.90. The first-order chi connectivity index (χ1) is 6.20. The molecule has 0 radical (unpaired) electrons. The molecular formula is C7H13N3O3.